The van der Waals surface area contributed by atoms with Crippen LogP contribution in [0.15, 0.2) is 48.5 Å². The number of aromatic nitrogens is 1. The molecule has 0 bridgehead atoms. The number of aryl methyl sites for hydroxylation is 1. The average molecular weight is 391 g/mol. The molecule has 0 aliphatic carbocycles. The first-order chi connectivity index (χ1) is 14.1. The fraction of sp³-hybridized carbons (Fsp3) is 0.304. The summed E-state index contributed by atoms with van der Waals surface area (Å²) in [7, 11) is 1.41. The van der Waals surface area contributed by atoms with Gasteiger partial charge >= 0.3 is 5.97 Å². The molecular weight excluding hydrogens is 366 g/mol. The predicted molar refractivity (Wildman–Crippen MR) is 113 cm³/mol. The van der Waals surface area contributed by atoms with Gasteiger partial charge in [0.25, 0.3) is 0 Å². The van der Waals surface area contributed by atoms with E-state index in [1.54, 1.807) is 12.1 Å². The Balaban J connectivity index is 1.55. The number of benzene rings is 2. The van der Waals surface area contributed by atoms with Crippen LogP contribution in [0.3, 0.4) is 0 Å². The zero-order valence-corrected chi connectivity index (χ0v) is 16.8. The molecule has 1 fully saturated rings. The van der Waals surface area contributed by atoms with Crippen LogP contribution in [0.25, 0.3) is 10.9 Å². The van der Waals surface area contributed by atoms with Crippen LogP contribution in [-0.4, -0.2) is 54.2 Å². The average Bonchev–Trinajstić information content (AvgIpc) is 2.75. The number of pyridine rings is 1. The molecule has 1 N–H and O–H groups in total. The molecule has 150 valence electrons. The molecule has 2 aromatic carbocycles. The number of para-hydroxylation sites is 1. The molecular formula is C23H25N3O3. The van der Waals surface area contributed by atoms with Gasteiger partial charge in [0.2, 0.25) is 0 Å². The van der Waals surface area contributed by atoms with Gasteiger partial charge in [-0.2, -0.15) is 0 Å². The molecule has 0 saturated carbocycles. The van der Waals surface area contributed by atoms with Crippen molar-refractivity contribution in [1.29, 1.82) is 0 Å². The summed E-state index contributed by atoms with van der Waals surface area (Å²) in [6.07, 6.45) is 0. The minimum absolute atomic E-state index is 0.278. The number of phenolic OH excluding ortho intramolecular Hbond substituents is 1. The lowest BCUT2D eigenvalue weighted by Crippen LogP contribution is -2.46. The van der Waals surface area contributed by atoms with Crippen molar-refractivity contribution in [1.82, 2.24) is 9.88 Å². The van der Waals surface area contributed by atoms with E-state index in [9.17, 15) is 9.90 Å². The number of methoxy groups -OCH3 is 1. The summed E-state index contributed by atoms with van der Waals surface area (Å²) in [6, 6.07) is 15.2. The van der Waals surface area contributed by atoms with Crippen LogP contribution in [0.2, 0.25) is 0 Å². The van der Waals surface area contributed by atoms with Gasteiger partial charge in [-0.05, 0) is 42.8 Å². The van der Waals surface area contributed by atoms with Crippen molar-refractivity contribution in [3.63, 3.8) is 0 Å². The summed E-state index contributed by atoms with van der Waals surface area (Å²) in [4.78, 5) is 21.9. The number of fused-ring (bicyclic) bond motifs is 1. The van der Waals surface area contributed by atoms with Crippen LogP contribution in [0, 0.1) is 6.92 Å². The maximum atomic E-state index is 12.5. The largest absolute Gasteiger partial charge is 0.508 e. The van der Waals surface area contributed by atoms with E-state index in [1.807, 2.05) is 43.3 Å². The Labute approximate surface area is 170 Å². The molecule has 0 unspecified atom stereocenters. The number of ether oxygens (including phenoxy) is 1. The smallest absolute Gasteiger partial charge is 0.340 e. The lowest BCUT2D eigenvalue weighted by Gasteiger charge is -2.36. The highest BCUT2D eigenvalue weighted by molar-refractivity contribution is 5.98. The van der Waals surface area contributed by atoms with E-state index in [4.69, 9.17) is 9.72 Å². The molecule has 1 saturated heterocycles. The standard InChI is InChI=1S/C23H25N3O3/c1-16-19-5-3-4-6-20(19)24-21(22(16)23(28)29-2)15-25-11-13-26(14-12-25)17-7-9-18(27)10-8-17/h3-10,27H,11-15H2,1-2H3. The minimum Gasteiger partial charge on any atom is -0.508 e. The highest BCUT2D eigenvalue weighted by Crippen LogP contribution is 2.25. The van der Waals surface area contributed by atoms with E-state index < -0.39 is 0 Å². The van der Waals surface area contributed by atoms with Crippen LogP contribution in [0.1, 0.15) is 21.6 Å². The first kappa shape index (κ1) is 19.2. The molecule has 0 atom stereocenters. The number of rotatable bonds is 4. The predicted octanol–water partition coefficient (Wildman–Crippen LogP) is 3.36. The molecule has 6 heteroatoms. The number of anilines is 1. The second-order valence-corrected chi connectivity index (χ2v) is 7.35. The number of carbonyl (C=O) groups is 1. The van der Waals surface area contributed by atoms with E-state index in [0.717, 1.165) is 54.0 Å². The molecule has 1 aliphatic rings. The van der Waals surface area contributed by atoms with Gasteiger partial charge in [0, 0.05) is 43.8 Å². The number of aromatic hydroxyl groups is 1. The van der Waals surface area contributed by atoms with Gasteiger partial charge in [0.15, 0.2) is 0 Å². The molecule has 1 aromatic heterocycles. The van der Waals surface area contributed by atoms with Gasteiger partial charge in [-0.25, -0.2) is 4.79 Å². The zero-order valence-electron chi connectivity index (χ0n) is 16.8. The third kappa shape index (κ3) is 3.89. The van der Waals surface area contributed by atoms with Crippen molar-refractivity contribution in [2.24, 2.45) is 0 Å². The van der Waals surface area contributed by atoms with Crippen LogP contribution < -0.4 is 4.90 Å². The van der Waals surface area contributed by atoms with Gasteiger partial charge in [-0.3, -0.25) is 9.88 Å². The summed E-state index contributed by atoms with van der Waals surface area (Å²) in [5.74, 6) is -0.0565. The molecule has 4 rings (SSSR count). The number of phenols is 1. The third-order valence-electron chi connectivity index (χ3n) is 5.58. The highest BCUT2D eigenvalue weighted by Gasteiger charge is 2.23. The number of hydrogen-bond donors (Lipinski definition) is 1. The Bertz CT molecular complexity index is 1030. The topological polar surface area (TPSA) is 65.9 Å². The molecule has 0 radical (unpaired) electrons. The highest BCUT2D eigenvalue weighted by atomic mass is 16.5. The monoisotopic (exact) mass is 391 g/mol. The SMILES string of the molecule is COC(=O)c1c(CN2CCN(c3ccc(O)cc3)CC2)nc2ccccc2c1C. The van der Waals surface area contributed by atoms with Crippen LogP contribution in [0.5, 0.6) is 5.75 Å². The number of carbonyl (C=O) groups excluding carboxylic acids is 1. The van der Waals surface area contributed by atoms with Crippen molar-refractivity contribution in [3.8, 4) is 5.75 Å². The van der Waals surface area contributed by atoms with Crippen molar-refractivity contribution >= 4 is 22.6 Å². The Morgan fingerprint density at radius 3 is 2.45 bits per heavy atom. The van der Waals surface area contributed by atoms with Crippen LogP contribution >= 0.6 is 0 Å². The molecule has 2 heterocycles. The summed E-state index contributed by atoms with van der Waals surface area (Å²) in [6.45, 7) is 6.07. The Hall–Kier alpha value is -3.12. The zero-order chi connectivity index (χ0) is 20.4. The van der Waals surface area contributed by atoms with E-state index in [1.165, 1.54) is 7.11 Å². The Kier molecular flexibility index (Phi) is 5.36. The van der Waals surface area contributed by atoms with Crippen molar-refractivity contribution in [3.05, 3.63) is 65.4 Å². The molecule has 0 amide bonds. The van der Waals surface area contributed by atoms with Crippen molar-refractivity contribution in [2.75, 3.05) is 38.2 Å². The second-order valence-electron chi connectivity index (χ2n) is 7.35. The Morgan fingerprint density at radius 1 is 1.07 bits per heavy atom. The first-order valence-corrected chi connectivity index (χ1v) is 9.79. The Morgan fingerprint density at radius 2 is 1.76 bits per heavy atom. The summed E-state index contributed by atoms with van der Waals surface area (Å²) in [5.41, 5.74) is 4.27. The number of esters is 1. The van der Waals surface area contributed by atoms with Gasteiger partial charge in [0.05, 0.1) is 23.9 Å². The molecule has 1 aliphatic heterocycles. The number of hydrogen-bond acceptors (Lipinski definition) is 6. The normalized spacial score (nSPS) is 14.9. The van der Waals surface area contributed by atoms with E-state index >= 15 is 0 Å². The molecule has 29 heavy (non-hydrogen) atoms. The van der Waals surface area contributed by atoms with Crippen LogP contribution in [-0.2, 0) is 11.3 Å². The minimum atomic E-state index is -0.335. The summed E-state index contributed by atoms with van der Waals surface area (Å²) < 4.78 is 5.05. The van der Waals surface area contributed by atoms with Gasteiger partial charge in [0.1, 0.15) is 5.75 Å². The van der Waals surface area contributed by atoms with E-state index in [-0.39, 0.29) is 11.7 Å². The number of nitrogens with zero attached hydrogens (tertiary/aromatic N) is 3. The second kappa shape index (κ2) is 8.09. The lowest BCUT2D eigenvalue weighted by molar-refractivity contribution is 0.0596. The fourth-order valence-electron chi connectivity index (χ4n) is 3.97. The van der Waals surface area contributed by atoms with Gasteiger partial charge in [-0.15, -0.1) is 0 Å². The maximum absolute atomic E-state index is 12.5. The van der Waals surface area contributed by atoms with E-state index in [2.05, 4.69) is 9.80 Å². The maximum Gasteiger partial charge on any atom is 0.340 e. The summed E-state index contributed by atoms with van der Waals surface area (Å²) >= 11 is 0. The first-order valence-electron chi connectivity index (χ1n) is 9.79. The number of piperazine rings is 1. The lowest BCUT2D eigenvalue weighted by atomic mass is 10.0. The molecule has 0 spiro atoms. The molecule has 6 nitrogen and oxygen atoms in total. The van der Waals surface area contributed by atoms with Crippen molar-refractivity contribution < 1.29 is 14.6 Å². The van der Waals surface area contributed by atoms with Gasteiger partial charge in [-0.1, -0.05) is 18.2 Å². The quantitative estimate of drug-likeness (QED) is 0.688. The fourth-order valence-corrected chi connectivity index (χ4v) is 3.97. The van der Waals surface area contributed by atoms with E-state index in [0.29, 0.717) is 12.1 Å². The molecule has 3 aromatic rings. The van der Waals surface area contributed by atoms with Crippen LogP contribution in [0.4, 0.5) is 5.69 Å². The third-order valence-corrected chi connectivity index (χ3v) is 5.58. The van der Waals surface area contributed by atoms with Crippen molar-refractivity contribution in [2.45, 2.75) is 13.5 Å². The summed E-state index contributed by atoms with van der Waals surface area (Å²) in [5, 5.41) is 10.5. The van der Waals surface area contributed by atoms with Gasteiger partial charge < -0.3 is 14.7 Å².